The number of hydrogen-bond donors (Lipinski definition) is 0. The summed E-state index contributed by atoms with van der Waals surface area (Å²) in [6.45, 7) is 2.68. The number of nitro benzene ring substituents is 1. The Kier molecular flexibility index (Phi) is 5.45. The second-order valence-electron chi connectivity index (χ2n) is 6.84. The minimum atomic E-state index is -4.61. The molecule has 1 aliphatic rings. The Labute approximate surface area is 173 Å². The first-order valence-electron chi connectivity index (χ1n) is 8.68. The van der Waals surface area contributed by atoms with Crippen LogP contribution >= 0.6 is 0 Å². The number of ether oxygens (including phenoxy) is 3. The van der Waals surface area contributed by atoms with E-state index in [9.17, 15) is 32.9 Å². The highest BCUT2D eigenvalue weighted by molar-refractivity contribution is 6.19. The van der Waals surface area contributed by atoms with Gasteiger partial charge < -0.3 is 14.2 Å². The Hall–Kier alpha value is -3.89. The molecule has 0 amide bonds. The predicted molar refractivity (Wildman–Crippen MR) is 98.9 cm³/mol. The number of carbonyl (C=O) groups is 2. The largest absolute Gasteiger partial charge is 0.457 e. The van der Waals surface area contributed by atoms with Crippen molar-refractivity contribution in [3.63, 3.8) is 0 Å². The van der Waals surface area contributed by atoms with Crippen molar-refractivity contribution in [2.75, 3.05) is 0 Å². The van der Waals surface area contributed by atoms with Gasteiger partial charge in [0.2, 0.25) is 0 Å². The zero-order valence-electron chi connectivity index (χ0n) is 16.1. The van der Waals surface area contributed by atoms with Gasteiger partial charge in [-0.15, -0.1) is 0 Å². The first-order valence-corrected chi connectivity index (χ1v) is 8.68. The summed E-state index contributed by atoms with van der Waals surface area (Å²) in [5.74, 6) is -3.90. The summed E-state index contributed by atoms with van der Waals surface area (Å²) in [6, 6.07) is 7.15. The molecule has 1 heterocycles. The summed E-state index contributed by atoms with van der Waals surface area (Å²) in [6.07, 6.45) is -3.65. The highest BCUT2D eigenvalue weighted by atomic mass is 19.4. The third-order valence-corrected chi connectivity index (χ3v) is 4.01. The van der Waals surface area contributed by atoms with Crippen molar-refractivity contribution in [1.82, 2.24) is 0 Å². The molecule has 0 atom stereocenters. The van der Waals surface area contributed by atoms with Crippen molar-refractivity contribution in [1.29, 1.82) is 0 Å². The zero-order chi connectivity index (χ0) is 23.0. The Morgan fingerprint density at radius 2 is 1.71 bits per heavy atom. The molecular weight excluding hydrogens is 423 g/mol. The molecule has 0 spiro atoms. The van der Waals surface area contributed by atoms with Crippen LogP contribution in [-0.2, 0) is 25.2 Å². The summed E-state index contributed by atoms with van der Waals surface area (Å²) < 4.78 is 54.2. The van der Waals surface area contributed by atoms with Crippen LogP contribution in [0.3, 0.4) is 0 Å². The van der Waals surface area contributed by atoms with Crippen molar-refractivity contribution in [3.05, 3.63) is 69.3 Å². The summed E-state index contributed by atoms with van der Waals surface area (Å²) in [4.78, 5) is 34.7. The Balaban J connectivity index is 2.04. The Morgan fingerprint density at radius 1 is 1.06 bits per heavy atom. The number of nitrogens with zero attached hydrogens (tertiary/aromatic N) is 1. The van der Waals surface area contributed by atoms with E-state index < -0.39 is 45.6 Å². The van der Waals surface area contributed by atoms with Gasteiger partial charge in [0.25, 0.3) is 11.5 Å². The maximum Gasteiger partial charge on any atom is 0.416 e. The standard InChI is InChI=1S/C20H14F3NO7/c1-19(2)30-17(25)15(18(26)31-19)9-11-8-13(24(27)28)6-7-16(11)29-14-5-3-4-12(10-14)20(21,22)23/h3-10H,1-2H3. The molecule has 3 rings (SSSR count). The van der Waals surface area contributed by atoms with Gasteiger partial charge in [0, 0.05) is 31.5 Å². The van der Waals surface area contributed by atoms with Gasteiger partial charge in [-0.1, -0.05) is 6.07 Å². The number of esters is 2. The molecule has 0 unspecified atom stereocenters. The maximum atomic E-state index is 12.9. The zero-order valence-corrected chi connectivity index (χ0v) is 16.1. The van der Waals surface area contributed by atoms with E-state index >= 15 is 0 Å². The summed E-state index contributed by atoms with van der Waals surface area (Å²) >= 11 is 0. The molecule has 8 nitrogen and oxygen atoms in total. The van der Waals surface area contributed by atoms with Crippen LogP contribution in [0.1, 0.15) is 25.0 Å². The topological polar surface area (TPSA) is 105 Å². The Morgan fingerprint density at radius 3 is 2.29 bits per heavy atom. The first kappa shape index (κ1) is 21.8. The molecule has 0 bridgehead atoms. The number of halogens is 3. The number of alkyl halides is 3. The van der Waals surface area contributed by atoms with E-state index in [0.29, 0.717) is 0 Å². The highest BCUT2D eigenvalue weighted by Gasteiger charge is 2.39. The lowest BCUT2D eigenvalue weighted by Crippen LogP contribution is -2.41. The van der Waals surface area contributed by atoms with E-state index in [-0.39, 0.29) is 17.1 Å². The van der Waals surface area contributed by atoms with Gasteiger partial charge in [0.05, 0.1) is 10.5 Å². The molecule has 0 aromatic heterocycles. The van der Waals surface area contributed by atoms with E-state index in [4.69, 9.17) is 14.2 Å². The highest BCUT2D eigenvalue weighted by Crippen LogP contribution is 2.35. The van der Waals surface area contributed by atoms with Crippen LogP contribution in [0.15, 0.2) is 48.0 Å². The number of benzene rings is 2. The van der Waals surface area contributed by atoms with Crippen molar-refractivity contribution < 1.29 is 41.9 Å². The van der Waals surface area contributed by atoms with Gasteiger partial charge in [-0.25, -0.2) is 9.59 Å². The van der Waals surface area contributed by atoms with Crippen molar-refractivity contribution in [2.45, 2.75) is 25.8 Å². The maximum absolute atomic E-state index is 12.9. The molecule has 1 saturated heterocycles. The van der Waals surface area contributed by atoms with E-state index in [1.54, 1.807) is 0 Å². The molecule has 11 heteroatoms. The van der Waals surface area contributed by atoms with Crippen molar-refractivity contribution in [2.24, 2.45) is 0 Å². The fourth-order valence-corrected chi connectivity index (χ4v) is 2.65. The molecule has 31 heavy (non-hydrogen) atoms. The van der Waals surface area contributed by atoms with Crippen molar-refractivity contribution >= 4 is 23.7 Å². The van der Waals surface area contributed by atoms with Gasteiger partial charge in [-0.2, -0.15) is 13.2 Å². The molecule has 0 aliphatic carbocycles. The number of hydrogen-bond acceptors (Lipinski definition) is 7. The molecule has 0 saturated carbocycles. The van der Waals surface area contributed by atoms with Gasteiger partial charge in [0.1, 0.15) is 17.1 Å². The molecular formula is C20H14F3NO7. The molecule has 1 aliphatic heterocycles. The monoisotopic (exact) mass is 437 g/mol. The van der Waals surface area contributed by atoms with Crippen LogP contribution in [0.5, 0.6) is 11.5 Å². The molecule has 0 radical (unpaired) electrons. The quantitative estimate of drug-likeness (QED) is 0.226. The van der Waals surface area contributed by atoms with E-state index in [1.807, 2.05) is 0 Å². The number of non-ortho nitro benzene ring substituents is 1. The van der Waals surface area contributed by atoms with Gasteiger partial charge in [-0.05, 0) is 30.3 Å². The van der Waals surface area contributed by atoms with Crippen LogP contribution in [0.2, 0.25) is 0 Å². The van der Waals surface area contributed by atoms with E-state index in [2.05, 4.69) is 0 Å². The van der Waals surface area contributed by atoms with Gasteiger partial charge >= 0.3 is 18.1 Å². The lowest BCUT2D eigenvalue weighted by molar-refractivity contribution is -0.384. The fourth-order valence-electron chi connectivity index (χ4n) is 2.65. The van der Waals surface area contributed by atoms with Crippen LogP contribution < -0.4 is 4.74 Å². The van der Waals surface area contributed by atoms with Crippen LogP contribution in [0.25, 0.3) is 6.08 Å². The molecule has 1 fully saturated rings. The minimum Gasteiger partial charge on any atom is -0.457 e. The van der Waals surface area contributed by atoms with Gasteiger partial charge in [0.15, 0.2) is 0 Å². The fraction of sp³-hybridized carbons (Fsp3) is 0.200. The lowest BCUT2D eigenvalue weighted by atomic mass is 10.1. The van der Waals surface area contributed by atoms with Crippen LogP contribution in [0.4, 0.5) is 18.9 Å². The lowest BCUT2D eigenvalue weighted by Gasteiger charge is -2.29. The van der Waals surface area contributed by atoms with Gasteiger partial charge in [-0.3, -0.25) is 10.1 Å². The summed E-state index contributed by atoms with van der Waals surface area (Å²) in [5.41, 5.74) is -2.04. The van der Waals surface area contributed by atoms with Crippen LogP contribution in [0, 0.1) is 10.1 Å². The average Bonchev–Trinajstić information content (AvgIpc) is 2.64. The van der Waals surface area contributed by atoms with E-state index in [1.165, 1.54) is 19.9 Å². The van der Waals surface area contributed by atoms with Crippen molar-refractivity contribution in [3.8, 4) is 11.5 Å². The first-order chi connectivity index (χ1) is 14.4. The summed E-state index contributed by atoms with van der Waals surface area (Å²) in [7, 11) is 0. The summed E-state index contributed by atoms with van der Waals surface area (Å²) in [5, 5.41) is 11.1. The molecule has 2 aromatic carbocycles. The molecule has 0 N–H and O–H groups in total. The molecule has 2 aromatic rings. The average molecular weight is 437 g/mol. The SMILES string of the molecule is CC1(C)OC(=O)C(=Cc2cc([N+](=O)[O-])ccc2Oc2cccc(C(F)(F)F)c2)C(=O)O1. The van der Waals surface area contributed by atoms with E-state index in [0.717, 1.165) is 42.5 Å². The Bertz CT molecular complexity index is 1080. The van der Waals surface area contributed by atoms with Crippen LogP contribution in [-0.4, -0.2) is 22.6 Å². The molecule has 162 valence electrons. The minimum absolute atomic E-state index is 0.116. The third kappa shape index (κ3) is 5.00. The predicted octanol–water partition coefficient (Wildman–Crippen LogP) is 4.63. The normalized spacial score (nSPS) is 15.7. The number of carbonyl (C=O) groups excluding carboxylic acids is 2. The third-order valence-electron chi connectivity index (χ3n) is 4.01. The smallest absolute Gasteiger partial charge is 0.416 e. The number of cyclic esters (lactones) is 2. The number of nitro groups is 1. The number of rotatable bonds is 4. The second-order valence-corrected chi connectivity index (χ2v) is 6.84. The second kappa shape index (κ2) is 7.74.